The van der Waals surface area contributed by atoms with Crippen molar-refractivity contribution in [1.29, 1.82) is 0 Å². The molecule has 3 heterocycles. The van der Waals surface area contributed by atoms with Crippen LogP contribution in [0.1, 0.15) is 39.1 Å². The second-order valence-corrected chi connectivity index (χ2v) is 8.35. The predicted octanol–water partition coefficient (Wildman–Crippen LogP) is 3.06. The van der Waals surface area contributed by atoms with E-state index in [2.05, 4.69) is 19.9 Å². The van der Waals surface area contributed by atoms with E-state index in [0.717, 1.165) is 19.4 Å². The highest BCUT2D eigenvalue weighted by molar-refractivity contribution is 7.17. The van der Waals surface area contributed by atoms with Gasteiger partial charge in [0.2, 0.25) is 5.88 Å². The number of halogens is 2. The molecule has 0 aliphatic carbocycles. The number of alkyl halides is 2. The minimum atomic E-state index is -3.39. The number of hydrogen-bond acceptors (Lipinski definition) is 7. The number of ether oxygens (including phenoxy) is 2. The van der Waals surface area contributed by atoms with Crippen LogP contribution in [-0.2, 0) is 10.4 Å². The molecule has 3 aromatic rings. The molecule has 1 saturated heterocycles. The van der Waals surface area contributed by atoms with Crippen molar-refractivity contribution >= 4 is 21.1 Å². The van der Waals surface area contributed by atoms with Crippen LogP contribution in [0.2, 0.25) is 0 Å². The van der Waals surface area contributed by atoms with Crippen LogP contribution in [-0.4, -0.2) is 63.1 Å². The van der Waals surface area contributed by atoms with Crippen LogP contribution in [0.15, 0.2) is 48.9 Å². The number of amides is 1. The molecule has 4 rings (SSSR count). The van der Waals surface area contributed by atoms with Crippen molar-refractivity contribution in [3.8, 4) is 11.6 Å². The Morgan fingerprint density at radius 1 is 1.15 bits per heavy atom. The van der Waals surface area contributed by atoms with E-state index in [-0.39, 0.29) is 18.3 Å². The van der Waals surface area contributed by atoms with E-state index in [4.69, 9.17) is 4.74 Å². The SMILES string of the molecule is COC(=O)c1c(C(F)(F)P)ccnc1OC1CCCN(C(=O)c2ccccc2-n2nccn2)C1. The number of esters is 1. The molecule has 0 saturated carbocycles. The number of carbonyl (C=O) groups is 2. The third-order valence-electron chi connectivity index (χ3n) is 5.38. The highest BCUT2D eigenvalue weighted by atomic mass is 31.0. The van der Waals surface area contributed by atoms with E-state index in [9.17, 15) is 18.4 Å². The average Bonchev–Trinajstić information content (AvgIpc) is 3.37. The lowest BCUT2D eigenvalue weighted by atomic mass is 10.1. The molecular weight excluding hydrogens is 467 g/mol. The van der Waals surface area contributed by atoms with Gasteiger partial charge in [-0.05, 0) is 31.0 Å². The third kappa shape index (κ3) is 4.89. The molecular formula is C22H22F2N5O4P. The van der Waals surface area contributed by atoms with E-state index in [1.54, 1.807) is 29.2 Å². The fraction of sp³-hybridized carbons (Fsp3) is 0.318. The molecule has 2 unspecified atom stereocenters. The summed E-state index contributed by atoms with van der Waals surface area (Å²) in [5.41, 5.74) is -3.45. The average molecular weight is 489 g/mol. The molecule has 0 spiro atoms. The van der Waals surface area contributed by atoms with Gasteiger partial charge in [-0.25, -0.2) is 9.78 Å². The first kappa shape index (κ1) is 23.7. The number of carbonyl (C=O) groups excluding carboxylic acids is 2. The van der Waals surface area contributed by atoms with Crippen LogP contribution < -0.4 is 4.74 Å². The largest absolute Gasteiger partial charge is 0.472 e. The molecule has 0 radical (unpaired) electrons. The summed E-state index contributed by atoms with van der Waals surface area (Å²) in [7, 11) is 2.49. The van der Waals surface area contributed by atoms with Gasteiger partial charge in [-0.3, -0.25) is 4.79 Å². The molecule has 178 valence electrons. The number of nitrogens with zero attached hydrogens (tertiary/aromatic N) is 5. The Kier molecular flexibility index (Phi) is 6.83. The molecule has 12 heteroatoms. The fourth-order valence-corrected chi connectivity index (χ4v) is 4.07. The lowest BCUT2D eigenvalue weighted by Crippen LogP contribution is -2.45. The first-order valence-electron chi connectivity index (χ1n) is 10.5. The van der Waals surface area contributed by atoms with Gasteiger partial charge >= 0.3 is 5.97 Å². The Hall–Kier alpha value is -3.46. The Labute approximate surface area is 196 Å². The smallest absolute Gasteiger partial charge is 0.343 e. The van der Waals surface area contributed by atoms with Gasteiger partial charge in [0.05, 0.1) is 37.3 Å². The number of aromatic nitrogens is 4. The van der Waals surface area contributed by atoms with Crippen LogP contribution in [0.25, 0.3) is 5.69 Å². The zero-order valence-corrected chi connectivity index (χ0v) is 19.4. The second-order valence-electron chi connectivity index (χ2n) is 7.62. The lowest BCUT2D eigenvalue weighted by Gasteiger charge is -2.33. The summed E-state index contributed by atoms with van der Waals surface area (Å²) in [6, 6.07) is 8.01. The minimum absolute atomic E-state index is 0.184. The summed E-state index contributed by atoms with van der Waals surface area (Å²) in [4.78, 5) is 32.6. The molecule has 34 heavy (non-hydrogen) atoms. The maximum atomic E-state index is 14.1. The monoisotopic (exact) mass is 489 g/mol. The van der Waals surface area contributed by atoms with Gasteiger partial charge in [0.1, 0.15) is 11.7 Å². The number of methoxy groups -OCH3 is 1. The lowest BCUT2D eigenvalue weighted by molar-refractivity contribution is 0.0483. The first-order valence-corrected chi connectivity index (χ1v) is 11.0. The highest BCUT2D eigenvalue weighted by Gasteiger charge is 2.35. The number of benzene rings is 1. The van der Waals surface area contributed by atoms with Gasteiger partial charge in [0.25, 0.3) is 11.6 Å². The number of piperidine rings is 1. The quantitative estimate of drug-likeness (QED) is 0.388. The molecule has 2 aromatic heterocycles. The molecule has 2 atom stereocenters. The Morgan fingerprint density at radius 2 is 1.88 bits per heavy atom. The van der Waals surface area contributed by atoms with Crippen LogP contribution in [0.3, 0.4) is 0 Å². The Morgan fingerprint density at radius 3 is 2.59 bits per heavy atom. The number of likely N-dealkylation sites (tertiary alicyclic amines) is 1. The Bertz CT molecular complexity index is 1190. The van der Waals surface area contributed by atoms with Crippen molar-refractivity contribution in [3.63, 3.8) is 0 Å². The van der Waals surface area contributed by atoms with Crippen LogP contribution in [0.4, 0.5) is 8.78 Å². The van der Waals surface area contributed by atoms with Crippen LogP contribution in [0, 0.1) is 0 Å². The maximum absolute atomic E-state index is 14.1. The van der Waals surface area contributed by atoms with E-state index < -0.39 is 28.9 Å². The maximum Gasteiger partial charge on any atom is 0.343 e. The van der Waals surface area contributed by atoms with Crippen molar-refractivity contribution in [1.82, 2.24) is 24.9 Å². The molecule has 1 fully saturated rings. The van der Waals surface area contributed by atoms with Crippen molar-refractivity contribution in [2.45, 2.75) is 24.6 Å². The Balaban J connectivity index is 1.58. The van der Waals surface area contributed by atoms with E-state index in [1.165, 1.54) is 26.4 Å². The van der Waals surface area contributed by atoms with Crippen LogP contribution >= 0.6 is 9.24 Å². The molecule has 1 aromatic carbocycles. The van der Waals surface area contributed by atoms with Crippen molar-refractivity contribution in [2.24, 2.45) is 0 Å². The molecule has 0 N–H and O–H groups in total. The minimum Gasteiger partial charge on any atom is -0.472 e. The molecule has 1 aliphatic rings. The second kappa shape index (κ2) is 9.80. The summed E-state index contributed by atoms with van der Waals surface area (Å²) in [6.45, 7) is 0.671. The normalized spacial score (nSPS) is 16.2. The highest BCUT2D eigenvalue weighted by Crippen LogP contribution is 2.39. The van der Waals surface area contributed by atoms with E-state index in [0.29, 0.717) is 30.6 Å². The summed E-state index contributed by atoms with van der Waals surface area (Å²) in [5, 5.41) is 8.21. The van der Waals surface area contributed by atoms with Gasteiger partial charge in [0, 0.05) is 18.3 Å². The standard InChI is InChI=1S/C22H22F2N5O4P/c1-32-21(31)18-16(22(23,24)34)8-9-25-19(18)33-14-5-4-12-28(13-14)20(30)15-6-2-3-7-17(15)29-26-10-11-27-29/h2-3,6-11,14H,4-5,12-13,34H2,1H3. The zero-order chi connectivity index (χ0) is 24.3. The predicted molar refractivity (Wildman–Crippen MR) is 120 cm³/mol. The summed E-state index contributed by atoms with van der Waals surface area (Å²) >= 11 is 0. The van der Waals surface area contributed by atoms with Gasteiger partial charge in [0.15, 0.2) is 0 Å². The number of pyridine rings is 1. The van der Waals surface area contributed by atoms with Gasteiger partial charge in [-0.1, -0.05) is 21.4 Å². The van der Waals surface area contributed by atoms with Crippen molar-refractivity contribution in [3.05, 3.63) is 65.6 Å². The first-order chi connectivity index (χ1) is 16.3. The van der Waals surface area contributed by atoms with E-state index in [1.807, 2.05) is 0 Å². The molecule has 9 nitrogen and oxygen atoms in total. The molecule has 0 bridgehead atoms. The van der Waals surface area contributed by atoms with Crippen LogP contribution in [0.5, 0.6) is 5.88 Å². The van der Waals surface area contributed by atoms with Crippen molar-refractivity contribution < 1.29 is 27.8 Å². The number of hydrogen-bond donors (Lipinski definition) is 0. The van der Waals surface area contributed by atoms with E-state index >= 15 is 0 Å². The fourth-order valence-electron chi connectivity index (χ4n) is 3.83. The topological polar surface area (TPSA) is 99.4 Å². The number of rotatable bonds is 6. The summed E-state index contributed by atoms with van der Waals surface area (Å²) in [6.07, 6.45) is 4.79. The molecule has 1 amide bonds. The molecule has 1 aliphatic heterocycles. The third-order valence-corrected chi connectivity index (χ3v) is 5.69. The zero-order valence-electron chi connectivity index (χ0n) is 18.2. The van der Waals surface area contributed by atoms with Gasteiger partial charge < -0.3 is 14.4 Å². The summed E-state index contributed by atoms with van der Waals surface area (Å²) in [5.74, 6) is -1.48. The van der Waals surface area contributed by atoms with Gasteiger partial charge in [-0.2, -0.15) is 23.8 Å². The number of para-hydroxylation sites is 1. The van der Waals surface area contributed by atoms with Crippen molar-refractivity contribution in [2.75, 3.05) is 20.2 Å². The summed E-state index contributed by atoms with van der Waals surface area (Å²) < 4.78 is 38.7. The van der Waals surface area contributed by atoms with Gasteiger partial charge in [-0.15, -0.1) is 0 Å².